The molecule has 1 spiro atoms. The molecule has 0 aromatic heterocycles. The van der Waals surface area contributed by atoms with Crippen molar-refractivity contribution in [2.45, 2.75) is 38.1 Å². The van der Waals surface area contributed by atoms with Crippen LogP contribution in [0, 0.1) is 17.3 Å². The molecule has 6 rings (SSSR count). The van der Waals surface area contributed by atoms with E-state index in [0.717, 1.165) is 0 Å². The van der Waals surface area contributed by atoms with Gasteiger partial charge in [-0.15, -0.1) is 0 Å². The van der Waals surface area contributed by atoms with E-state index in [-0.39, 0.29) is 17.4 Å². The summed E-state index contributed by atoms with van der Waals surface area (Å²) in [6.07, 6.45) is -0.459. The van der Waals surface area contributed by atoms with Crippen LogP contribution < -0.4 is 10.2 Å². The van der Waals surface area contributed by atoms with E-state index in [9.17, 15) is 14.7 Å². The van der Waals surface area contributed by atoms with E-state index in [1.807, 2.05) is 0 Å². The number of hydrogen-bond acceptors (Lipinski definition) is 5. The molecule has 4 heterocycles. The topological polar surface area (TPSA) is 72.9 Å². The van der Waals surface area contributed by atoms with Gasteiger partial charge in [-0.25, -0.2) is 4.90 Å². The largest absolute Gasteiger partial charge is 0.371 e. The SMILES string of the molecule is CC1(C)CC2C3C(=O)N(c4cc(Cl)cc(Cl)c4)C(=O)C3C3(c4cc(Cl)cc(Cl)c4NC3O)N2C1. The highest BCUT2D eigenvalue weighted by molar-refractivity contribution is 6.37. The summed E-state index contributed by atoms with van der Waals surface area (Å²) in [6, 6.07) is 7.76. The molecule has 0 bridgehead atoms. The first-order valence-corrected chi connectivity index (χ1v) is 12.5. The van der Waals surface area contributed by atoms with Gasteiger partial charge in [-0.3, -0.25) is 14.5 Å². The van der Waals surface area contributed by atoms with Crippen molar-refractivity contribution in [3.63, 3.8) is 0 Å². The van der Waals surface area contributed by atoms with Crippen LogP contribution in [-0.2, 0) is 15.1 Å². The summed E-state index contributed by atoms with van der Waals surface area (Å²) >= 11 is 25.3. The maximum atomic E-state index is 14.1. The normalized spacial score (nSPS) is 33.4. The Balaban J connectivity index is 1.59. The lowest BCUT2D eigenvalue weighted by Crippen LogP contribution is -2.56. The van der Waals surface area contributed by atoms with Crippen molar-refractivity contribution in [1.82, 2.24) is 4.90 Å². The maximum Gasteiger partial charge on any atom is 0.240 e. The smallest absolute Gasteiger partial charge is 0.240 e. The summed E-state index contributed by atoms with van der Waals surface area (Å²) in [4.78, 5) is 31.3. The monoisotopic (exact) mass is 539 g/mol. The number of aliphatic hydroxyl groups excluding tert-OH is 1. The lowest BCUT2D eigenvalue weighted by atomic mass is 9.73. The molecule has 0 aliphatic carbocycles. The summed E-state index contributed by atoms with van der Waals surface area (Å²) in [5, 5.41) is 16.0. The van der Waals surface area contributed by atoms with E-state index < -0.39 is 29.5 Å². The van der Waals surface area contributed by atoms with Gasteiger partial charge in [0, 0.05) is 33.2 Å². The van der Waals surface area contributed by atoms with Crippen LogP contribution in [0.1, 0.15) is 25.8 Å². The minimum absolute atomic E-state index is 0.121. The van der Waals surface area contributed by atoms with Gasteiger partial charge in [0.25, 0.3) is 0 Å². The molecule has 3 saturated heterocycles. The lowest BCUT2D eigenvalue weighted by molar-refractivity contribution is -0.127. The Morgan fingerprint density at radius 2 is 1.62 bits per heavy atom. The summed E-state index contributed by atoms with van der Waals surface area (Å²) < 4.78 is 0. The molecule has 3 fully saturated rings. The fourth-order valence-electron chi connectivity index (χ4n) is 6.77. The first-order chi connectivity index (χ1) is 16.0. The summed E-state index contributed by atoms with van der Waals surface area (Å²) in [5.74, 6) is -2.19. The third kappa shape index (κ3) is 2.84. The second kappa shape index (κ2) is 7.25. The summed E-state index contributed by atoms with van der Waals surface area (Å²) in [7, 11) is 0. The number of fused-ring (bicyclic) bond motifs is 7. The van der Waals surface area contributed by atoms with Crippen molar-refractivity contribution in [1.29, 1.82) is 0 Å². The van der Waals surface area contributed by atoms with Gasteiger partial charge in [-0.1, -0.05) is 60.3 Å². The second-order valence-electron chi connectivity index (χ2n) is 10.4. The number of nitrogens with zero attached hydrogens (tertiary/aromatic N) is 2. The predicted molar refractivity (Wildman–Crippen MR) is 133 cm³/mol. The Morgan fingerprint density at radius 1 is 0.971 bits per heavy atom. The standard InChI is InChI=1S/C24H21Cl4N3O3/c1-23(2)8-16-17-18(21(33)31(20(17)32)13-4-10(25)3-11(26)5-13)24(30(16)9-23)14-6-12(27)7-15(28)19(14)29-22(24)34/h3-7,16-18,22,29,34H,8-9H2,1-2H3. The van der Waals surface area contributed by atoms with Crippen molar-refractivity contribution in [2.24, 2.45) is 17.3 Å². The summed E-state index contributed by atoms with van der Waals surface area (Å²) in [6.45, 7) is 4.87. The van der Waals surface area contributed by atoms with Gasteiger partial charge in [0.1, 0.15) is 11.8 Å². The third-order valence-electron chi connectivity index (χ3n) is 7.77. The quantitative estimate of drug-likeness (QED) is 0.489. The van der Waals surface area contributed by atoms with Gasteiger partial charge in [-0.05, 0) is 42.2 Å². The van der Waals surface area contributed by atoms with E-state index in [2.05, 4.69) is 24.1 Å². The zero-order valence-electron chi connectivity index (χ0n) is 18.3. The van der Waals surface area contributed by atoms with Gasteiger partial charge < -0.3 is 10.4 Å². The molecule has 34 heavy (non-hydrogen) atoms. The van der Waals surface area contributed by atoms with Crippen LogP contribution in [0.3, 0.4) is 0 Å². The van der Waals surface area contributed by atoms with E-state index in [1.54, 1.807) is 30.3 Å². The first-order valence-electron chi connectivity index (χ1n) is 11.0. The number of carbonyl (C=O) groups is 2. The van der Waals surface area contributed by atoms with Crippen LogP contribution in [0.25, 0.3) is 0 Å². The average molecular weight is 541 g/mol. The molecule has 5 atom stereocenters. The van der Waals surface area contributed by atoms with E-state index in [4.69, 9.17) is 46.4 Å². The Labute approximate surface area is 216 Å². The molecule has 0 radical (unpaired) electrons. The van der Waals surface area contributed by atoms with Gasteiger partial charge in [0.15, 0.2) is 0 Å². The Kier molecular flexibility index (Phi) is 4.88. The Bertz CT molecular complexity index is 1260. The molecule has 5 unspecified atom stereocenters. The van der Waals surface area contributed by atoms with Crippen LogP contribution in [-0.4, -0.2) is 40.6 Å². The highest BCUT2D eigenvalue weighted by Crippen LogP contribution is 2.64. The van der Waals surface area contributed by atoms with Crippen LogP contribution in [0.2, 0.25) is 20.1 Å². The highest BCUT2D eigenvalue weighted by atomic mass is 35.5. The number of aliphatic hydroxyl groups is 1. The molecule has 0 saturated carbocycles. The fraction of sp³-hybridized carbons (Fsp3) is 0.417. The average Bonchev–Trinajstić information content (AvgIpc) is 3.35. The molecule has 2 amide bonds. The third-order valence-corrected chi connectivity index (χ3v) is 8.72. The molecule has 2 aromatic carbocycles. The second-order valence-corrected chi connectivity index (χ2v) is 12.1. The van der Waals surface area contributed by atoms with Gasteiger partial charge in [0.05, 0.1) is 28.2 Å². The van der Waals surface area contributed by atoms with E-state index in [0.29, 0.717) is 50.0 Å². The van der Waals surface area contributed by atoms with Crippen LogP contribution in [0.15, 0.2) is 30.3 Å². The maximum absolute atomic E-state index is 14.1. The zero-order chi connectivity index (χ0) is 24.3. The molecule has 178 valence electrons. The van der Waals surface area contributed by atoms with Crippen molar-refractivity contribution >= 4 is 69.6 Å². The Morgan fingerprint density at radius 3 is 2.29 bits per heavy atom. The number of amides is 2. The van der Waals surface area contributed by atoms with Gasteiger partial charge >= 0.3 is 0 Å². The minimum atomic E-state index is -1.20. The van der Waals surface area contributed by atoms with Crippen molar-refractivity contribution < 1.29 is 14.7 Å². The van der Waals surface area contributed by atoms with Crippen molar-refractivity contribution in [3.8, 4) is 0 Å². The molecule has 4 aliphatic heterocycles. The van der Waals surface area contributed by atoms with Crippen LogP contribution >= 0.6 is 46.4 Å². The number of hydrogen-bond donors (Lipinski definition) is 2. The van der Waals surface area contributed by atoms with E-state index in [1.165, 1.54) is 4.90 Å². The minimum Gasteiger partial charge on any atom is -0.371 e. The highest BCUT2D eigenvalue weighted by Gasteiger charge is 2.75. The predicted octanol–water partition coefficient (Wildman–Crippen LogP) is 5.16. The molecular weight excluding hydrogens is 520 g/mol. The fourth-order valence-corrected chi connectivity index (χ4v) is 7.83. The number of nitrogens with one attached hydrogen (secondary N) is 1. The number of halogens is 4. The Hall–Kier alpha value is -1.54. The molecule has 2 aromatic rings. The number of imide groups is 1. The zero-order valence-corrected chi connectivity index (χ0v) is 21.3. The van der Waals surface area contributed by atoms with E-state index >= 15 is 0 Å². The summed E-state index contributed by atoms with van der Waals surface area (Å²) in [5.41, 5.74) is 0.179. The molecule has 10 heteroatoms. The van der Waals surface area contributed by atoms with Crippen molar-refractivity contribution in [3.05, 3.63) is 56.0 Å². The van der Waals surface area contributed by atoms with Crippen LogP contribution in [0.4, 0.5) is 11.4 Å². The molecule has 4 aliphatic rings. The van der Waals surface area contributed by atoms with Gasteiger partial charge in [0.2, 0.25) is 11.8 Å². The van der Waals surface area contributed by atoms with Crippen LogP contribution in [0.5, 0.6) is 0 Å². The lowest BCUT2D eigenvalue weighted by Gasteiger charge is -2.41. The molecular formula is C24H21Cl4N3O3. The van der Waals surface area contributed by atoms with Crippen molar-refractivity contribution in [2.75, 3.05) is 16.8 Å². The number of benzene rings is 2. The number of carbonyl (C=O) groups excluding carboxylic acids is 2. The van der Waals surface area contributed by atoms with Gasteiger partial charge in [-0.2, -0.15) is 0 Å². The number of anilines is 2. The molecule has 2 N–H and O–H groups in total. The number of rotatable bonds is 1. The molecule has 6 nitrogen and oxygen atoms in total. The first kappa shape index (κ1) is 22.9.